The van der Waals surface area contributed by atoms with Gasteiger partial charge in [0.05, 0.1) is 13.2 Å². The van der Waals surface area contributed by atoms with Crippen molar-refractivity contribution in [3.05, 3.63) is 42.0 Å². The number of nitrogens with zero attached hydrogens (tertiary/aromatic N) is 4. The van der Waals surface area contributed by atoms with E-state index in [1.165, 1.54) is 12.4 Å². The molecular formula is C15H18N6O2. The van der Waals surface area contributed by atoms with Gasteiger partial charge in [-0.1, -0.05) is 0 Å². The van der Waals surface area contributed by atoms with Crippen LogP contribution in [0, 0.1) is 0 Å². The van der Waals surface area contributed by atoms with Gasteiger partial charge in [-0.05, 0) is 17.7 Å². The Morgan fingerprint density at radius 2 is 2.00 bits per heavy atom. The molecule has 0 spiro atoms. The third kappa shape index (κ3) is 3.72. The summed E-state index contributed by atoms with van der Waals surface area (Å²) in [5, 5.41) is 2.79. The van der Waals surface area contributed by atoms with Gasteiger partial charge in [0.25, 0.3) is 5.91 Å². The minimum atomic E-state index is -0.347. The number of ether oxygens (including phenoxy) is 1. The number of carbonyl (C=O) groups is 1. The van der Waals surface area contributed by atoms with Crippen LogP contribution in [0.1, 0.15) is 16.1 Å². The number of nitrogens with two attached hydrogens (primary N) is 1. The lowest BCUT2D eigenvalue weighted by atomic mass is 10.2. The van der Waals surface area contributed by atoms with E-state index in [4.69, 9.17) is 10.5 Å². The average Bonchev–Trinajstić information content (AvgIpc) is 2.61. The third-order valence-corrected chi connectivity index (χ3v) is 3.54. The molecule has 120 valence electrons. The fraction of sp³-hybridized carbons (Fsp3) is 0.333. The van der Waals surface area contributed by atoms with Crippen LogP contribution in [0.15, 0.2) is 30.7 Å². The van der Waals surface area contributed by atoms with Gasteiger partial charge in [0.15, 0.2) is 11.5 Å². The predicted molar refractivity (Wildman–Crippen MR) is 84.9 cm³/mol. The zero-order valence-corrected chi connectivity index (χ0v) is 12.6. The summed E-state index contributed by atoms with van der Waals surface area (Å²) in [6.07, 6.45) is 4.63. The highest BCUT2D eigenvalue weighted by Crippen LogP contribution is 2.14. The molecule has 8 nitrogen and oxygen atoms in total. The van der Waals surface area contributed by atoms with E-state index in [0.717, 1.165) is 24.5 Å². The molecule has 1 amide bonds. The summed E-state index contributed by atoms with van der Waals surface area (Å²) >= 11 is 0. The van der Waals surface area contributed by atoms with Crippen molar-refractivity contribution in [1.82, 2.24) is 20.3 Å². The number of carbonyl (C=O) groups excluding carboxylic acids is 1. The van der Waals surface area contributed by atoms with Crippen LogP contribution in [0.25, 0.3) is 0 Å². The number of amides is 1. The van der Waals surface area contributed by atoms with Crippen LogP contribution in [0.5, 0.6) is 0 Å². The second kappa shape index (κ2) is 7.01. The van der Waals surface area contributed by atoms with Gasteiger partial charge in [-0.25, -0.2) is 15.0 Å². The molecule has 2 aromatic rings. The Hall–Kier alpha value is -2.74. The number of anilines is 2. The fourth-order valence-corrected chi connectivity index (χ4v) is 2.33. The van der Waals surface area contributed by atoms with Gasteiger partial charge in [-0.15, -0.1) is 0 Å². The first-order valence-corrected chi connectivity index (χ1v) is 7.36. The highest BCUT2D eigenvalue weighted by molar-refractivity contribution is 5.96. The van der Waals surface area contributed by atoms with Crippen molar-refractivity contribution in [3.8, 4) is 0 Å². The molecule has 1 saturated heterocycles. The Balaban J connectivity index is 1.64. The van der Waals surface area contributed by atoms with Crippen LogP contribution in [0.3, 0.4) is 0 Å². The van der Waals surface area contributed by atoms with E-state index >= 15 is 0 Å². The summed E-state index contributed by atoms with van der Waals surface area (Å²) in [5.74, 6) is 0.660. The molecule has 3 heterocycles. The number of morpholine rings is 1. The van der Waals surface area contributed by atoms with Crippen LogP contribution >= 0.6 is 0 Å². The minimum absolute atomic E-state index is 0.119. The summed E-state index contributed by atoms with van der Waals surface area (Å²) in [7, 11) is 0. The van der Waals surface area contributed by atoms with E-state index in [9.17, 15) is 4.79 Å². The lowest BCUT2D eigenvalue weighted by Crippen LogP contribution is -2.36. The van der Waals surface area contributed by atoms with Gasteiger partial charge in [0.2, 0.25) is 0 Å². The topological polar surface area (TPSA) is 106 Å². The van der Waals surface area contributed by atoms with Crippen molar-refractivity contribution in [2.45, 2.75) is 6.54 Å². The van der Waals surface area contributed by atoms with E-state index in [-0.39, 0.29) is 17.4 Å². The fourth-order valence-electron chi connectivity index (χ4n) is 2.33. The second-order valence-corrected chi connectivity index (χ2v) is 5.09. The molecule has 1 fully saturated rings. The van der Waals surface area contributed by atoms with E-state index in [2.05, 4.69) is 25.2 Å². The Kier molecular flexibility index (Phi) is 4.62. The van der Waals surface area contributed by atoms with Crippen molar-refractivity contribution in [2.75, 3.05) is 36.9 Å². The van der Waals surface area contributed by atoms with E-state index < -0.39 is 0 Å². The molecule has 0 bridgehead atoms. The molecule has 8 heteroatoms. The standard InChI is InChI=1S/C15H18N6O2/c16-14-13(18-3-4-19-14)15(22)20-10-11-1-2-17-12(9-11)21-5-7-23-8-6-21/h1-4,9H,5-8,10H2,(H2,16,19)(H,20,22). The van der Waals surface area contributed by atoms with Crippen molar-refractivity contribution in [2.24, 2.45) is 0 Å². The molecule has 0 aliphatic carbocycles. The number of rotatable bonds is 4. The Morgan fingerprint density at radius 1 is 1.22 bits per heavy atom. The first kappa shape index (κ1) is 15.2. The molecule has 0 atom stereocenters. The van der Waals surface area contributed by atoms with Gasteiger partial charge in [0, 0.05) is 38.2 Å². The number of nitrogen functional groups attached to an aromatic ring is 1. The Morgan fingerprint density at radius 3 is 2.78 bits per heavy atom. The Labute approximate surface area is 133 Å². The molecule has 1 aliphatic rings. The lowest BCUT2D eigenvalue weighted by molar-refractivity contribution is 0.0946. The monoisotopic (exact) mass is 314 g/mol. The van der Waals surface area contributed by atoms with Gasteiger partial charge in [0.1, 0.15) is 5.82 Å². The number of hydrogen-bond acceptors (Lipinski definition) is 7. The van der Waals surface area contributed by atoms with Crippen molar-refractivity contribution in [1.29, 1.82) is 0 Å². The van der Waals surface area contributed by atoms with E-state index in [0.29, 0.717) is 19.8 Å². The van der Waals surface area contributed by atoms with Crippen LogP contribution in [-0.2, 0) is 11.3 Å². The minimum Gasteiger partial charge on any atom is -0.382 e. The van der Waals surface area contributed by atoms with Crippen molar-refractivity contribution < 1.29 is 9.53 Å². The average molecular weight is 314 g/mol. The van der Waals surface area contributed by atoms with Gasteiger partial charge in [-0.2, -0.15) is 0 Å². The zero-order chi connectivity index (χ0) is 16.1. The summed E-state index contributed by atoms with van der Waals surface area (Å²) in [5.41, 5.74) is 6.74. The maximum atomic E-state index is 12.1. The molecule has 0 saturated carbocycles. The highest BCUT2D eigenvalue weighted by Gasteiger charge is 2.14. The number of aromatic nitrogens is 3. The van der Waals surface area contributed by atoms with Crippen molar-refractivity contribution in [3.63, 3.8) is 0 Å². The maximum Gasteiger partial charge on any atom is 0.273 e. The summed E-state index contributed by atoms with van der Waals surface area (Å²) in [6.45, 7) is 3.41. The third-order valence-electron chi connectivity index (χ3n) is 3.54. The van der Waals surface area contributed by atoms with Crippen molar-refractivity contribution >= 4 is 17.5 Å². The van der Waals surface area contributed by atoms with Crippen LogP contribution in [0.2, 0.25) is 0 Å². The summed E-state index contributed by atoms with van der Waals surface area (Å²) < 4.78 is 5.34. The highest BCUT2D eigenvalue weighted by atomic mass is 16.5. The first-order chi connectivity index (χ1) is 11.2. The quantitative estimate of drug-likeness (QED) is 0.831. The molecule has 0 aromatic carbocycles. The number of pyridine rings is 1. The van der Waals surface area contributed by atoms with E-state index in [1.54, 1.807) is 6.20 Å². The predicted octanol–water partition coefficient (Wildman–Crippen LogP) is 0.220. The smallest absolute Gasteiger partial charge is 0.273 e. The van der Waals surface area contributed by atoms with E-state index in [1.807, 2.05) is 12.1 Å². The van der Waals surface area contributed by atoms with Crippen LogP contribution in [-0.4, -0.2) is 47.2 Å². The van der Waals surface area contributed by atoms with Gasteiger partial charge >= 0.3 is 0 Å². The van der Waals surface area contributed by atoms with Gasteiger partial charge < -0.3 is 20.7 Å². The summed E-state index contributed by atoms with van der Waals surface area (Å²) in [6, 6.07) is 3.83. The second-order valence-electron chi connectivity index (χ2n) is 5.09. The molecule has 0 radical (unpaired) electrons. The molecular weight excluding hydrogens is 296 g/mol. The molecule has 0 unspecified atom stereocenters. The molecule has 3 N–H and O–H groups in total. The molecule has 1 aliphatic heterocycles. The largest absolute Gasteiger partial charge is 0.382 e. The number of hydrogen-bond donors (Lipinski definition) is 2. The number of nitrogens with one attached hydrogen (secondary N) is 1. The Bertz CT molecular complexity index is 687. The maximum absolute atomic E-state index is 12.1. The van der Waals surface area contributed by atoms with Crippen LogP contribution < -0.4 is 16.0 Å². The lowest BCUT2D eigenvalue weighted by Gasteiger charge is -2.28. The molecule has 3 rings (SSSR count). The van der Waals surface area contributed by atoms with Gasteiger partial charge in [-0.3, -0.25) is 4.79 Å². The molecule has 2 aromatic heterocycles. The van der Waals surface area contributed by atoms with Crippen LogP contribution in [0.4, 0.5) is 11.6 Å². The SMILES string of the molecule is Nc1nccnc1C(=O)NCc1ccnc(N2CCOCC2)c1. The summed E-state index contributed by atoms with van der Waals surface area (Å²) in [4.78, 5) is 26.4. The molecule has 23 heavy (non-hydrogen) atoms. The first-order valence-electron chi connectivity index (χ1n) is 7.36. The zero-order valence-electron chi connectivity index (χ0n) is 12.6. The normalized spacial score (nSPS) is 14.5.